The molecular weight excluding hydrogens is 254 g/mol. The quantitative estimate of drug-likeness (QED) is 0.760. The van der Waals surface area contributed by atoms with Gasteiger partial charge in [-0.05, 0) is 25.0 Å². The van der Waals surface area contributed by atoms with Crippen molar-refractivity contribution < 1.29 is 9.53 Å². The lowest BCUT2D eigenvalue weighted by molar-refractivity contribution is 0.0600. The topological polar surface area (TPSA) is 56.5 Å². The standard InChI is InChI=1S/C15H21N3O2/c1-4-6-7-11(5-2)14-17-16-13-9-8-12(10-18(13)14)15(19)20-3/h8-11H,4-7H2,1-3H3. The van der Waals surface area contributed by atoms with Crippen LogP contribution in [0.1, 0.15) is 61.6 Å². The summed E-state index contributed by atoms with van der Waals surface area (Å²) in [6, 6.07) is 3.52. The van der Waals surface area contributed by atoms with E-state index in [0.717, 1.165) is 24.3 Å². The van der Waals surface area contributed by atoms with Gasteiger partial charge in [0, 0.05) is 12.1 Å². The average molecular weight is 275 g/mol. The van der Waals surface area contributed by atoms with Gasteiger partial charge in [-0.2, -0.15) is 0 Å². The summed E-state index contributed by atoms with van der Waals surface area (Å²) < 4.78 is 6.67. The highest BCUT2D eigenvalue weighted by Gasteiger charge is 2.17. The van der Waals surface area contributed by atoms with Crippen LogP contribution in [0.5, 0.6) is 0 Å². The lowest BCUT2D eigenvalue weighted by atomic mass is 9.98. The van der Waals surface area contributed by atoms with Crippen molar-refractivity contribution in [1.82, 2.24) is 14.6 Å². The zero-order valence-electron chi connectivity index (χ0n) is 12.3. The third kappa shape index (κ3) is 2.81. The van der Waals surface area contributed by atoms with Crippen LogP contribution in [0.2, 0.25) is 0 Å². The van der Waals surface area contributed by atoms with Crippen LogP contribution in [-0.4, -0.2) is 27.7 Å². The minimum atomic E-state index is -0.340. The van der Waals surface area contributed by atoms with Crippen LogP contribution in [0.4, 0.5) is 0 Å². The molecule has 0 saturated heterocycles. The molecule has 0 radical (unpaired) electrons. The van der Waals surface area contributed by atoms with E-state index in [0.29, 0.717) is 11.5 Å². The molecule has 0 aliphatic heterocycles. The molecular formula is C15H21N3O2. The van der Waals surface area contributed by atoms with E-state index < -0.39 is 0 Å². The highest BCUT2D eigenvalue weighted by atomic mass is 16.5. The Balaban J connectivity index is 2.40. The average Bonchev–Trinajstić information content (AvgIpc) is 2.90. The van der Waals surface area contributed by atoms with Crippen molar-refractivity contribution in [1.29, 1.82) is 0 Å². The van der Waals surface area contributed by atoms with E-state index >= 15 is 0 Å². The Kier molecular flexibility index (Phi) is 4.71. The largest absolute Gasteiger partial charge is 0.465 e. The third-order valence-corrected chi connectivity index (χ3v) is 3.61. The molecule has 0 N–H and O–H groups in total. The molecule has 0 fully saturated rings. The van der Waals surface area contributed by atoms with Gasteiger partial charge in [-0.3, -0.25) is 4.40 Å². The molecule has 0 spiro atoms. The highest BCUT2D eigenvalue weighted by molar-refractivity contribution is 5.89. The van der Waals surface area contributed by atoms with E-state index in [9.17, 15) is 4.79 Å². The monoisotopic (exact) mass is 275 g/mol. The van der Waals surface area contributed by atoms with Crippen molar-refractivity contribution in [3.8, 4) is 0 Å². The van der Waals surface area contributed by atoms with E-state index in [-0.39, 0.29) is 5.97 Å². The number of aromatic nitrogens is 3. The maximum atomic E-state index is 11.6. The second kappa shape index (κ2) is 6.50. The summed E-state index contributed by atoms with van der Waals surface area (Å²) >= 11 is 0. The van der Waals surface area contributed by atoms with Gasteiger partial charge in [0.05, 0.1) is 12.7 Å². The van der Waals surface area contributed by atoms with Crippen molar-refractivity contribution in [2.45, 2.75) is 45.4 Å². The van der Waals surface area contributed by atoms with Crippen LogP contribution in [0.25, 0.3) is 5.65 Å². The molecule has 0 bridgehead atoms. The van der Waals surface area contributed by atoms with E-state index in [4.69, 9.17) is 4.74 Å². The number of nitrogens with zero attached hydrogens (tertiary/aromatic N) is 3. The first-order chi connectivity index (χ1) is 9.71. The molecule has 0 aliphatic rings. The molecule has 1 unspecified atom stereocenters. The number of carbonyl (C=O) groups excluding carboxylic acids is 1. The molecule has 2 rings (SSSR count). The molecule has 0 aromatic carbocycles. The number of carbonyl (C=O) groups is 1. The number of esters is 1. The fourth-order valence-corrected chi connectivity index (χ4v) is 2.39. The van der Waals surface area contributed by atoms with Crippen LogP contribution in [0, 0.1) is 0 Å². The minimum Gasteiger partial charge on any atom is -0.465 e. The van der Waals surface area contributed by atoms with E-state index in [1.807, 2.05) is 4.40 Å². The maximum Gasteiger partial charge on any atom is 0.339 e. The summed E-state index contributed by atoms with van der Waals surface area (Å²) in [5, 5.41) is 8.49. The first-order valence-corrected chi connectivity index (χ1v) is 7.14. The van der Waals surface area contributed by atoms with Crippen LogP contribution in [0.3, 0.4) is 0 Å². The van der Waals surface area contributed by atoms with E-state index in [2.05, 4.69) is 24.0 Å². The smallest absolute Gasteiger partial charge is 0.339 e. The van der Waals surface area contributed by atoms with Gasteiger partial charge < -0.3 is 4.74 Å². The second-order valence-electron chi connectivity index (χ2n) is 4.94. The summed E-state index contributed by atoms with van der Waals surface area (Å²) in [6.07, 6.45) is 6.22. The Labute approximate surface area is 119 Å². The third-order valence-electron chi connectivity index (χ3n) is 3.61. The summed E-state index contributed by atoms with van der Waals surface area (Å²) in [5.74, 6) is 0.965. The predicted octanol–water partition coefficient (Wildman–Crippen LogP) is 3.20. The van der Waals surface area contributed by atoms with Crippen molar-refractivity contribution in [2.75, 3.05) is 7.11 Å². The first kappa shape index (κ1) is 14.5. The molecule has 2 heterocycles. The van der Waals surface area contributed by atoms with Gasteiger partial charge in [-0.25, -0.2) is 4.79 Å². The number of ether oxygens (including phenoxy) is 1. The molecule has 5 nitrogen and oxygen atoms in total. The Morgan fingerprint density at radius 3 is 2.80 bits per heavy atom. The van der Waals surface area contributed by atoms with Gasteiger partial charge in [0.2, 0.25) is 0 Å². The molecule has 0 amide bonds. The van der Waals surface area contributed by atoms with Crippen LogP contribution in [-0.2, 0) is 4.74 Å². The van der Waals surface area contributed by atoms with Crippen LogP contribution in [0.15, 0.2) is 18.3 Å². The molecule has 0 saturated carbocycles. The van der Waals surface area contributed by atoms with Crippen molar-refractivity contribution in [3.63, 3.8) is 0 Å². The van der Waals surface area contributed by atoms with Crippen LogP contribution >= 0.6 is 0 Å². The Hall–Kier alpha value is -1.91. The van der Waals surface area contributed by atoms with Gasteiger partial charge >= 0.3 is 5.97 Å². The van der Waals surface area contributed by atoms with E-state index in [1.54, 1.807) is 18.3 Å². The summed E-state index contributed by atoms with van der Waals surface area (Å²) in [6.45, 7) is 4.34. The van der Waals surface area contributed by atoms with Gasteiger partial charge in [0.15, 0.2) is 5.65 Å². The number of fused-ring (bicyclic) bond motifs is 1. The molecule has 0 aliphatic carbocycles. The second-order valence-corrected chi connectivity index (χ2v) is 4.94. The number of hydrogen-bond acceptors (Lipinski definition) is 4. The fourth-order valence-electron chi connectivity index (χ4n) is 2.39. The van der Waals surface area contributed by atoms with Crippen molar-refractivity contribution in [2.24, 2.45) is 0 Å². The van der Waals surface area contributed by atoms with Gasteiger partial charge in [-0.1, -0.05) is 26.7 Å². The van der Waals surface area contributed by atoms with Gasteiger partial charge in [-0.15, -0.1) is 10.2 Å². The van der Waals surface area contributed by atoms with Crippen molar-refractivity contribution >= 4 is 11.6 Å². The number of methoxy groups -OCH3 is 1. The predicted molar refractivity (Wildman–Crippen MR) is 76.9 cm³/mol. The summed E-state index contributed by atoms with van der Waals surface area (Å²) in [7, 11) is 1.38. The lowest BCUT2D eigenvalue weighted by Gasteiger charge is -2.12. The Morgan fingerprint density at radius 2 is 2.15 bits per heavy atom. The SMILES string of the molecule is CCCCC(CC)c1nnc2ccc(C(=O)OC)cn12. The lowest BCUT2D eigenvalue weighted by Crippen LogP contribution is -2.07. The maximum absolute atomic E-state index is 11.6. The number of hydrogen-bond donors (Lipinski definition) is 0. The van der Waals surface area contributed by atoms with Crippen molar-refractivity contribution in [3.05, 3.63) is 29.7 Å². The summed E-state index contributed by atoms with van der Waals surface area (Å²) in [4.78, 5) is 11.6. The normalized spacial score (nSPS) is 12.6. The molecule has 2 aromatic heterocycles. The summed E-state index contributed by atoms with van der Waals surface area (Å²) in [5.41, 5.74) is 1.29. The first-order valence-electron chi connectivity index (χ1n) is 7.14. The Morgan fingerprint density at radius 1 is 1.35 bits per heavy atom. The number of pyridine rings is 1. The van der Waals surface area contributed by atoms with Crippen LogP contribution < -0.4 is 0 Å². The van der Waals surface area contributed by atoms with E-state index in [1.165, 1.54) is 20.0 Å². The molecule has 5 heteroatoms. The number of rotatable bonds is 6. The Bertz CT molecular complexity index is 592. The molecule has 1 atom stereocenters. The van der Waals surface area contributed by atoms with Gasteiger partial charge in [0.25, 0.3) is 0 Å². The zero-order chi connectivity index (χ0) is 14.5. The highest BCUT2D eigenvalue weighted by Crippen LogP contribution is 2.24. The van der Waals surface area contributed by atoms with Gasteiger partial charge in [0.1, 0.15) is 5.82 Å². The molecule has 20 heavy (non-hydrogen) atoms. The molecule has 108 valence electrons. The molecule has 2 aromatic rings. The zero-order valence-corrected chi connectivity index (χ0v) is 12.3. The fraction of sp³-hybridized carbons (Fsp3) is 0.533. The number of unbranched alkanes of at least 4 members (excludes halogenated alkanes) is 1. The minimum absolute atomic E-state index is 0.340.